The maximum Gasteiger partial charge on any atom is 0.338 e. The van der Waals surface area contributed by atoms with E-state index in [0.29, 0.717) is 0 Å². The van der Waals surface area contributed by atoms with Crippen molar-refractivity contribution in [1.29, 1.82) is 0 Å². The van der Waals surface area contributed by atoms with Crippen molar-refractivity contribution >= 4 is 23.9 Å². The predicted octanol–water partition coefficient (Wildman–Crippen LogP) is 4.61. The van der Waals surface area contributed by atoms with E-state index in [-0.39, 0.29) is 68.2 Å². The van der Waals surface area contributed by atoms with Gasteiger partial charge in [-0.25, -0.2) is 19.2 Å². The van der Waals surface area contributed by atoms with Crippen molar-refractivity contribution in [3.05, 3.63) is 95.1 Å². The van der Waals surface area contributed by atoms with Gasteiger partial charge >= 0.3 is 23.9 Å². The summed E-state index contributed by atoms with van der Waals surface area (Å²) in [5.74, 6) is -3.32. The third-order valence-corrected chi connectivity index (χ3v) is 7.59. The minimum absolute atomic E-state index is 0.00142. The number of phenols is 2. The number of esters is 4. The fourth-order valence-electron chi connectivity index (χ4n) is 4.82. The summed E-state index contributed by atoms with van der Waals surface area (Å²) in [4.78, 5) is 53.8. The molecule has 2 atom stereocenters. The third kappa shape index (κ3) is 10.6. The van der Waals surface area contributed by atoms with E-state index < -0.39 is 49.3 Å². The summed E-state index contributed by atoms with van der Waals surface area (Å²) < 4.78 is 53.8. The van der Waals surface area contributed by atoms with Crippen LogP contribution < -0.4 is 28.4 Å². The lowest BCUT2D eigenvalue weighted by atomic mass is 10.1. The highest BCUT2D eigenvalue weighted by Gasteiger charge is 2.34. The van der Waals surface area contributed by atoms with Crippen molar-refractivity contribution in [1.82, 2.24) is 0 Å². The van der Waals surface area contributed by atoms with Crippen LogP contribution >= 0.6 is 0 Å². The Kier molecular flexibility index (Phi) is 13.7. The number of hydrogen-bond donors (Lipinski definition) is 2. The zero-order valence-electron chi connectivity index (χ0n) is 30.1. The van der Waals surface area contributed by atoms with Crippen LogP contribution in [0, 0.1) is 0 Å². The van der Waals surface area contributed by atoms with Gasteiger partial charge in [-0.3, -0.25) is 0 Å². The number of phenolic OH excluding ortho intramolecular Hbond substituents is 2. The van der Waals surface area contributed by atoms with Crippen molar-refractivity contribution in [3.63, 3.8) is 0 Å². The first kappa shape index (κ1) is 39.9. The molecular formula is C38H38O16. The number of carbonyl (C=O) groups excluding carboxylic acids is 4. The summed E-state index contributed by atoms with van der Waals surface area (Å²) in [5.41, 5.74) is -0.390. The van der Waals surface area contributed by atoms with E-state index in [9.17, 15) is 29.4 Å². The first-order valence-electron chi connectivity index (χ1n) is 15.9. The molecule has 0 radical (unpaired) electrons. The van der Waals surface area contributed by atoms with E-state index in [1.54, 1.807) is 0 Å². The molecule has 0 heterocycles. The molecule has 4 aromatic carbocycles. The van der Waals surface area contributed by atoms with Gasteiger partial charge < -0.3 is 57.6 Å². The van der Waals surface area contributed by atoms with Gasteiger partial charge in [-0.05, 0) is 48.5 Å². The van der Waals surface area contributed by atoms with Crippen molar-refractivity contribution in [3.8, 4) is 46.0 Å². The second-order valence-electron chi connectivity index (χ2n) is 11.1. The number of benzene rings is 4. The van der Waals surface area contributed by atoms with Crippen LogP contribution in [0.4, 0.5) is 0 Å². The summed E-state index contributed by atoms with van der Waals surface area (Å²) >= 11 is 0. The summed E-state index contributed by atoms with van der Waals surface area (Å²) in [7, 11) is 8.18. The smallest absolute Gasteiger partial charge is 0.338 e. The Morgan fingerprint density at radius 1 is 0.407 bits per heavy atom. The molecule has 54 heavy (non-hydrogen) atoms. The quantitative estimate of drug-likeness (QED) is 0.112. The molecule has 0 spiro atoms. The van der Waals surface area contributed by atoms with Crippen LogP contribution in [0.1, 0.15) is 41.4 Å². The molecule has 0 aromatic heterocycles. The van der Waals surface area contributed by atoms with Gasteiger partial charge in [0.25, 0.3) is 0 Å². The summed E-state index contributed by atoms with van der Waals surface area (Å²) in [6, 6.07) is 15.8. The molecule has 4 aromatic rings. The maximum atomic E-state index is 13.7. The molecule has 4 rings (SSSR count). The van der Waals surface area contributed by atoms with Crippen LogP contribution in [0.2, 0.25) is 0 Å². The fourth-order valence-corrected chi connectivity index (χ4v) is 4.82. The van der Waals surface area contributed by atoms with E-state index in [1.807, 2.05) is 0 Å². The van der Waals surface area contributed by atoms with Crippen LogP contribution in [0.5, 0.6) is 46.0 Å². The molecule has 2 N–H and O–H groups in total. The first-order valence-corrected chi connectivity index (χ1v) is 15.9. The molecule has 16 heteroatoms. The lowest BCUT2D eigenvalue weighted by molar-refractivity contribution is -0.0753. The van der Waals surface area contributed by atoms with Crippen molar-refractivity contribution in [2.24, 2.45) is 0 Å². The standard InChI is InChI=1S/C38H38O16/c1-45-27-9-21(7-25(39)15-27)35(41)51-19-33(53-37(43)22-8-26(40)16-28(10-22)46-2)34(54-38(44)24-13-31(49-5)18-32(14-24)50-6)20-52-36(42)23-11-29(47-3)17-30(12-23)48-4/h7-18,33-34,39-40H,19-20H2,1-6H3. The summed E-state index contributed by atoms with van der Waals surface area (Å²) in [6.07, 6.45) is -3.32. The van der Waals surface area contributed by atoms with Gasteiger partial charge in [-0.2, -0.15) is 0 Å². The normalized spacial score (nSPS) is 11.6. The number of methoxy groups -OCH3 is 6. The number of rotatable bonds is 17. The molecule has 0 amide bonds. The Labute approximate surface area is 309 Å². The molecule has 2 unspecified atom stereocenters. The predicted molar refractivity (Wildman–Crippen MR) is 187 cm³/mol. The van der Waals surface area contributed by atoms with Gasteiger partial charge in [-0.15, -0.1) is 0 Å². The number of carbonyl (C=O) groups is 4. The highest BCUT2D eigenvalue weighted by Crippen LogP contribution is 2.27. The Bertz CT molecular complexity index is 1930. The average molecular weight is 751 g/mol. The molecule has 0 fully saturated rings. The zero-order valence-corrected chi connectivity index (χ0v) is 30.1. The number of hydrogen-bond acceptors (Lipinski definition) is 16. The van der Waals surface area contributed by atoms with E-state index in [1.165, 1.54) is 103 Å². The molecule has 286 valence electrons. The van der Waals surface area contributed by atoms with Gasteiger partial charge in [0.05, 0.1) is 64.9 Å². The summed E-state index contributed by atoms with van der Waals surface area (Å²) in [5, 5.41) is 20.3. The molecule has 0 bridgehead atoms. The minimum atomic E-state index is -1.67. The Hall–Kier alpha value is -6.84. The lowest BCUT2D eigenvalue weighted by Crippen LogP contribution is -2.42. The number of ether oxygens (including phenoxy) is 10. The molecule has 0 saturated heterocycles. The second-order valence-corrected chi connectivity index (χ2v) is 11.1. The van der Waals surface area contributed by atoms with E-state index in [4.69, 9.17) is 47.4 Å². The largest absolute Gasteiger partial charge is 0.508 e. The van der Waals surface area contributed by atoms with Crippen LogP contribution in [-0.4, -0.2) is 102 Å². The molecule has 0 aliphatic carbocycles. The molecule has 0 aliphatic heterocycles. The fraction of sp³-hybridized carbons (Fsp3) is 0.263. The minimum Gasteiger partial charge on any atom is -0.508 e. The van der Waals surface area contributed by atoms with Gasteiger partial charge in [0.1, 0.15) is 59.2 Å². The van der Waals surface area contributed by atoms with E-state index in [0.717, 1.165) is 12.1 Å². The molecule has 0 aliphatic rings. The van der Waals surface area contributed by atoms with Crippen molar-refractivity contribution in [2.45, 2.75) is 12.2 Å². The van der Waals surface area contributed by atoms with Crippen molar-refractivity contribution in [2.75, 3.05) is 55.9 Å². The Morgan fingerprint density at radius 3 is 0.981 bits per heavy atom. The van der Waals surface area contributed by atoms with Crippen LogP contribution in [0.15, 0.2) is 72.8 Å². The molecular weight excluding hydrogens is 712 g/mol. The average Bonchev–Trinajstić information content (AvgIpc) is 3.19. The van der Waals surface area contributed by atoms with Crippen LogP contribution in [0.3, 0.4) is 0 Å². The molecule has 16 nitrogen and oxygen atoms in total. The van der Waals surface area contributed by atoms with Gasteiger partial charge in [0.2, 0.25) is 0 Å². The van der Waals surface area contributed by atoms with Gasteiger partial charge in [0.15, 0.2) is 12.2 Å². The van der Waals surface area contributed by atoms with Crippen LogP contribution in [0.25, 0.3) is 0 Å². The van der Waals surface area contributed by atoms with Crippen LogP contribution in [-0.2, 0) is 18.9 Å². The Morgan fingerprint density at radius 2 is 0.667 bits per heavy atom. The second kappa shape index (κ2) is 18.6. The van der Waals surface area contributed by atoms with E-state index >= 15 is 0 Å². The lowest BCUT2D eigenvalue weighted by Gasteiger charge is -2.27. The van der Waals surface area contributed by atoms with Gasteiger partial charge in [0, 0.05) is 24.3 Å². The third-order valence-electron chi connectivity index (χ3n) is 7.59. The van der Waals surface area contributed by atoms with E-state index in [2.05, 4.69) is 0 Å². The zero-order chi connectivity index (χ0) is 39.4. The SMILES string of the molecule is COc1cc(O)cc(C(=O)OCC(OC(=O)c2cc(O)cc(OC)c2)C(COC(=O)c2cc(OC)cc(OC)c2)OC(=O)c2cc(OC)cc(OC)c2)c1. The van der Waals surface area contributed by atoms with Gasteiger partial charge in [-0.1, -0.05) is 0 Å². The monoisotopic (exact) mass is 750 g/mol. The number of aromatic hydroxyl groups is 2. The molecule has 0 saturated carbocycles. The highest BCUT2D eigenvalue weighted by atomic mass is 16.6. The summed E-state index contributed by atoms with van der Waals surface area (Å²) in [6.45, 7) is -1.52. The first-order chi connectivity index (χ1) is 25.9. The maximum absolute atomic E-state index is 13.7. The highest BCUT2D eigenvalue weighted by molar-refractivity contribution is 5.93. The van der Waals surface area contributed by atoms with Crippen molar-refractivity contribution < 1.29 is 76.8 Å². The topological polar surface area (TPSA) is 201 Å². The Balaban J connectivity index is 1.73.